The van der Waals surface area contributed by atoms with Crippen LogP contribution < -0.4 is 15.4 Å². The van der Waals surface area contributed by atoms with Gasteiger partial charge in [0.25, 0.3) is 0 Å². The van der Waals surface area contributed by atoms with Crippen molar-refractivity contribution in [1.29, 1.82) is 0 Å². The zero-order valence-corrected chi connectivity index (χ0v) is 24.0. The molecule has 1 atom stereocenters. The molecule has 1 saturated heterocycles. The summed E-state index contributed by atoms with van der Waals surface area (Å²) in [6.07, 6.45) is 5.37. The average molecular weight is 603 g/mol. The topological polar surface area (TPSA) is 111 Å². The number of benzene rings is 2. The van der Waals surface area contributed by atoms with Gasteiger partial charge in [-0.1, -0.05) is 18.2 Å². The number of para-hydroxylation sites is 1. The van der Waals surface area contributed by atoms with E-state index in [2.05, 4.69) is 15.9 Å². The quantitative estimate of drug-likeness (QED) is 0.407. The van der Waals surface area contributed by atoms with E-state index in [9.17, 15) is 14.4 Å². The fraction of sp³-hybridized carbons (Fsp3) is 0.483. The Bertz CT molecular complexity index is 1180. The summed E-state index contributed by atoms with van der Waals surface area (Å²) in [6.45, 7) is 1.20. The van der Waals surface area contributed by atoms with Crippen LogP contribution in [0, 0.1) is 5.92 Å². The molecule has 0 bridgehead atoms. The molecule has 2 fully saturated rings. The number of amides is 3. The standard InChI is InChI=1S/C29H36BrN3O6/c1-37-26-16-19(9-14-25(26)33(29(31)36)24-8-4-3-7-23(24)30)17-27(34)32-15-5-6-21(32)18-39-22-12-10-20(11-13-22)28(35)38-2/h3-4,7-9,14,16,20-22H,5-6,10-13,15,17-18H2,1-2H3,(H2,31,36)/t20?,21-,22?/m0/s1. The molecule has 9 nitrogen and oxygen atoms in total. The number of urea groups is 1. The molecular formula is C29H36BrN3O6. The first-order valence-corrected chi connectivity index (χ1v) is 14.1. The predicted molar refractivity (Wildman–Crippen MR) is 151 cm³/mol. The summed E-state index contributed by atoms with van der Waals surface area (Å²) in [4.78, 5) is 40.8. The Labute approximate surface area is 237 Å². The molecule has 39 heavy (non-hydrogen) atoms. The highest BCUT2D eigenvalue weighted by atomic mass is 79.9. The molecule has 1 saturated carbocycles. The van der Waals surface area contributed by atoms with Crippen LogP contribution in [-0.4, -0.2) is 62.3 Å². The summed E-state index contributed by atoms with van der Waals surface area (Å²) < 4.78 is 17.4. The number of nitrogens with zero attached hydrogens (tertiary/aromatic N) is 2. The number of anilines is 2. The molecule has 2 N–H and O–H groups in total. The first-order valence-electron chi connectivity index (χ1n) is 13.3. The lowest BCUT2D eigenvalue weighted by atomic mass is 9.87. The van der Waals surface area contributed by atoms with Crippen molar-refractivity contribution < 1.29 is 28.6 Å². The lowest BCUT2D eigenvalue weighted by molar-refractivity contribution is -0.148. The van der Waals surface area contributed by atoms with Crippen LogP contribution in [0.25, 0.3) is 0 Å². The van der Waals surface area contributed by atoms with E-state index in [1.165, 1.54) is 19.1 Å². The number of ether oxygens (including phenoxy) is 3. The molecule has 2 aliphatic rings. The van der Waals surface area contributed by atoms with Crippen LogP contribution in [0.1, 0.15) is 44.1 Å². The SMILES string of the molecule is COC(=O)C1CCC(OC[C@@H]2CCCN2C(=O)Cc2ccc(N(C(N)=O)c3ccccc3Br)c(OC)c2)CC1. The molecule has 210 valence electrons. The van der Waals surface area contributed by atoms with Crippen molar-refractivity contribution >= 4 is 45.2 Å². The van der Waals surface area contributed by atoms with Crippen molar-refractivity contribution in [3.05, 3.63) is 52.5 Å². The molecule has 0 radical (unpaired) electrons. The number of carbonyl (C=O) groups excluding carboxylic acids is 3. The van der Waals surface area contributed by atoms with Crippen molar-refractivity contribution in [1.82, 2.24) is 4.90 Å². The number of rotatable bonds is 9. The summed E-state index contributed by atoms with van der Waals surface area (Å²) in [5, 5.41) is 0. The maximum Gasteiger partial charge on any atom is 0.324 e. The molecule has 1 aliphatic heterocycles. The van der Waals surface area contributed by atoms with Gasteiger partial charge < -0.3 is 24.8 Å². The Kier molecular flexibility index (Phi) is 9.85. The molecule has 2 aromatic carbocycles. The van der Waals surface area contributed by atoms with Gasteiger partial charge >= 0.3 is 12.0 Å². The molecule has 3 amide bonds. The molecule has 4 rings (SSSR count). The highest BCUT2D eigenvalue weighted by Crippen LogP contribution is 2.38. The molecule has 0 spiro atoms. The van der Waals surface area contributed by atoms with Crippen LogP contribution in [0.5, 0.6) is 5.75 Å². The van der Waals surface area contributed by atoms with Gasteiger partial charge in [-0.3, -0.25) is 14.5 Å². The fourth-order valence-electron chi connectivity index (χ4n) is 5.51. The zero-order valence-electron chi connectivity index (χ0n) is 22.4. The number of methoxy groups -OCH3 is 2. The first kappa shape index (κ1) is 28.9. The number of likely N-dealkylation sites (tertiary alicyclic amines) is 1. The molecule has 2 aromatic rings. The second-order valence-corrected chi connectivity index (χ2v) is 10.9. The first-order chi connectivity index (χ1) is 18.8. The number of esters is 1. The van der Waals surface area contributed by atoms with E-state index in [1.54, 1.807) is 18.2 Å². The minimum absolute atomic E-state index is 0.0304. The normalized spacial score (nSPS) is 20.9. The van der Waals surface area contributed by atoms with Crippen molar-refractivity contribution in [2.24, 2.45) is 11.7 Å². The molecule has 0 unspecified atom stereocenters. The fourth-order valence-corrected chi connectivity index (χ4v) is 5.97. The molecule has 0 aromatic heterocycles. The van der Waals surface area contributed by atoms with Crippen molar-refractivity contribution in [3.8, 4) is 5.75 Å². The average Bonchev–Trinajstić information content (AvgIpc) is 3.42. The number of nitrogens with two attached hydrogens (primary N) is 1. The third kappa shape index (κ3) is 6.91. The van der Waals surface area contributed by atoms with Gasteiger partial charge in [0.1, 0.15) is 5.75 Å². The van der Waals surface area contributed by atoms with Crippen LogP contribution in [0.3, 0.4) is 0 Å². The van der Waals surface area contributed by atoms with Crippen LogP contribution in [0.2, 0.25) is 0 Å². The number of primary amides is 1. The lowest BCUT2D eigenvalue weighted by Gasteiger charge is -2.30. The minimum atomic E-state index is -0.650. The number of hydrogen-bond acceptors (Lipinski definition) is 6. The Balaban J connectivity index is 1.39. The van der Waals surface area contributed by atoms with Gasteiger partial charge in [0.15, 0.2) is 0 Å². The van der Waals surface area contributed by atoms with Crippen LogP contribution in [-0.2, 0) is 25.5 Å². The number of carbonyl (C=O) groups is 3. The van der Waals surface area contributed by atoms with Crippen molar-refractivity contribution in [2.45, 2.75) is 57.1 Å². The molecular weight excluding hydrogens is 566 g/mol. The zero-order chi connectivity index (χ0) is 27.9. The van der Waals surface area contributed by atoms with Crippen LogP contribution >= 0.6 is 15.9 Å². The second kappa shape index (κ2) is 13.3. The highest BCUT2D eigenvalue weighted by Gasteiger charge is 2.32. The molecule has 10 heteroatoms. The van der Waals surface area contributed by atoms with Gasteiger partial charge in [0.2, 0.25) is 5.91 Å². The van der Waals surface area contributed by atoms with E-state index in [0.29, 0.717) is 34.7 Å². The van der Waals surface area contributed by atoms with E-state index in [4.69, 9.17) is 19.9 Å². The summed E-state index contributed by atoms with van der Waals surface area (Å²) in [6, 6.07) is 12.0. The Morgan fingerprint density at radius 1 is 1.03 bits per heavy atom. The maximum atomic E-state index is 13.3. The van der Waals surface area contributed by atoms with Crippen molar-refractivity contribution in [2.75, 3.05) is 32.3 Å². The van der Waals surface area contributed by atoms with Crippen molar-refractivity contribution in [3.63, 3.8) is 0 Å². The molecule has 1 heterocycles. The molecule has 1 aliphatic carbocycles. The Morgan fingerprint density at radius 3 is 2.44 bits per heavy atom. The number of halogens is 1. The predicted octanol–water partition coefficient (Wildman–Crippen LogP) is 4.96. The lowest BCUT2D eigenvalue weighted by Crippen LogP contribution is -2.40. The largest absolute Gasteiger partial charge is 0.495 e. The van der Waals surface area contributed by atoms with Gasteiger partial charge in [-0.2, -0.15) is 0 Å². The van der Waals surface area contributed by atoms with Gasteiger partial charge in [0, 0.05) is 11.0 Å². The van der Waals surface area contributed by atoms with Gasteiger partial charge in [-0.15, -0.1) is 0 Å². The maximum absolute atomic E-state index is 13.3. The highest BCUT2D eigenvalue weighted by molar-refractivity contribution is 9.10. The van der Waals surface area contributed by atoms with Gasteiger partial charge in [0.05, 0.1) is 56.7 Å². The Morgan fingerprint density at radius 2 is 1.77 bits per heavy atom. The van der Waals surface area contributed by atoms with Crippen LogP contribution in [0.4, 0.5) is 16.2 Å². The van der Waals surface area contributed by atoms with E-state index in [-0.39, 0.29) is 36.4 Å². The van der Waals surface area contributed by atoms with E-state index in [0.717, 1.165) is 44.1 Å². The minimum Gasteiger partial charge on any atom is -0.495 e. The van der Waals surface area contributed by atoms with Gasteiger partial charge in [-0.05, 0) is 84.3 Å². The second-order valence-electron chi connectivity index (χ2n) is 10.0. The third-order valence-electron chi connectivity index (χ3n) is 7.58. The summed E-state index contributed by atoms with van der Waals surface area (Å²) >= 11 is 3.48. The summed E-state index contributed by atoms with van der Waals surface area (Å²) in [5.74, 6) is 0.301. The number of hydrogen-bond donors (Lipinski definition) is 1. The van der Waals surface area contributed by atoms with E-state index in [1.807, 2.05) is 29.2 Å². The summed E-state index contributed by atoms with van der Waals surface area (Å²) in [7, 11) is 2.96. The third-order valence-corrected chi connectivity index (χ3v) is 8.26. The summed E-state index contributed by atoms with van der Waals surface area (Å²) in [5.41, 5.74) is 7.60. The van der Waals surface area contributed by atoms with Gasteiger partial charge in [-0.25, -0.2) is 4.79 Å². The monoisotopic (exact) mass is 601 g/mol. The van der Waals surface area contributed by atoms with E-state index < -0.39 is 6.03 Å². The van der Waals surface area contributed by atoms with Crippen LogP contribution in [0.15, 0.2) is 46.9 Å². The smallest absolute Gasteiger partial charge is 0.324 e. The van der Waals surface area contributed by atoms with E-state index >= 15 is 0 Å². The Hall–Kier alpha value is -3.11.